The molecule has 2 atom stereocenters. The fourth-order valence-electron chi connectivity index (χ4n) is 4.18. The minimum Gasteiger partial charge on any atom is -0.404 e. The predicted molar refractivity (Wildman–Crippen MR) is 150 cm³/mol. The lowest BCUT2D eigenvalue weighted by Crippen LogP contribution is -2.45. The van der Waals surface area contributed by atoms with Crippen LogP contribution in [0, 0.1) is 18.4 Å². The molecule has 0 aromatic heterocycles. The minimum atomic E-state index is -4.72. The summed E-state index contributed by atoms with van der Waals surface area (Å²) in [7, 11) is -3.12. The summed E-state index contributed by atoms with van der Waals surface area (Å²) in [5.74, 6) is -1.50. The smallest absolute Gasteiger partial charge is 0.404 e. The van der Waals surface area contributed by atoms with Crippen molar-refractivity contribution in [1.82, 2.24) is 5.32 Å². The number of benzene rings is 2. The molecule has 0 bridgehead atoms. The van der Waals surface area contributed by atoms with E-state index in [1.807, 2.05) is 13.8 Å². The van der Waals surface area contributed by atoms with Crippen LogP contribution in [0.15, 0.2) is 48.5 Å². The van der Waals surface area contributed by atoms with E-state index in [0.717, 1.165) is 6.42 Å². The van der Waals surface area contributed by atoms with Crippen LogP contribution in [-0.2, 0) is 25.3 Å². The van der Waals surface area contributed by atoms with Gasteiger partial charge in [-0.2, -0.15) is 0 Å². The zero-order valence-electron chi connectivity index (χ0n) is 23.0. The first-order chi connectivity index (χ1) is 18.9. The van der Waals surface area contributed by atoms with E-state index in [1.165, 1.54) is 24.3 Å². The quantitative estimate of drug-likeness (QED) is 0.103. The Balaban J connectivity index is 2.25. The molecular formula is C29H37N2O8P. The number of carbonyl (C=O) groups excluding carboxylic acids is 3. The molecular weight excluding hydrogens is 535 g/mol. The number of phosphoric acid groups is 1. The van der Waals surface area contributed by atoms with Gasteiger partial charge < -0.3 is 14.6 Å². The number of carbonyl (C=O) groups is 3. The number of ketones is 2. The number of unbranched alkanes of at least 4 members (excludes halogenated alkanes) is 1. The van der Waals surface area contributed by atoms with Gasteiger partial charge in [0, 0.05) is 38.0 Å². The Morgan fingerprint density at radius 1 is 1.02 bits per heavy atom. The maximum atomic E-state index is 13.5. The number of hydrogen-bond acceptors (Lipinski definition) is 6. The van der Waals surface area contributed by atoms with E-state index in [0.29, 0.717) is 42.7 Å². The highest BCUT2D eigenvalue weighted by Crippen LogP contribution is 2.37. The summed E-state index contributed by atoms with van der Waals surface area (Å²) in [4.78, 5) is 61.0. The van der Waals surface area contributed by atoms with Gasteiger partial charge in [-0.05, 0) is 49.3 Å². The monoisotopic (exact) mass is 572 g/mol. The van der Waals surface area contributed by atoms with Crippen molar-refractivity contribution in [3.63, 3.8) is 0 Å². The van der Waals surface area contributed by atoms with Crippen LogP contribution in [-0.4, -0.2) is 47.0 Å². The van der Waals surface area contributed by atoms with Gasteiger partial charge in [0.05, 0.1) is 12.6 Å². The van der Waals surface area contributed by atoms with Gasteiger partial charge in [0.2, 0.25) is 5.91 Å². The summed E-state index contributed by atoms with van der Waals surface area (Å²) in [6.45, 7) is 11.6. The molecule has 0 saturated carbocycles. The molecule has 0 aliphatic carbocycles. The highest BCUT2D eigenvalue weighted by atomic mass is 31.2. The van der Waals surface area contributed by atoms with Crippen molar-refractivity contribution in [3.8, 4) is 5.75 Å². The standard InChI is InChI=1S/C29H37N2O8P/c1-20(2)17-26(27(32)7-5-6-16-38-4)31-29(34)23(19-28(33)22-10-12-24(30-3)13-11-22)18-21-8-14-25(15-9-21)39-40(35,36)37/h8-15,20,23,26H,5-7,16-19H2,1-2,4H3,(H,31,34)(H2,35,36,37). The molecule has 10 nitrogen and oxygen atoms in total. The summed E-state index contributed by atoms with van der Waals surface area (Å²) in [6, 6.07) is 11.3. The molecule has 216 valence electrons. The molecule has 40 heavy (non-hydrogen) atoms. The van der Waals surface area contributed by atoms with Crippen molar-refractivity contribution in [2.24, 2.45) is 11.8 Å². The summed E-state index contributed by atoms with van der Waals surface area (Å²) >= 11 is 0. The van der Waals surface area contributed by atoms with Gasteiger partial charge in [-0.1, -0.05) is 50.2 Å². The Bertz CT molecular complexity index is 1220. The molecule has 0 aliphatic rings. The van der Waals surface area contributed by atoms with Crippen LogP contribution in [0.3, 0.4) is 0 Å². The molecule has 1 amide bonds. The maximum Gasteiger partial charge on any atom is 0.524 e. The number of amides is 1. The zero-order chi connectivity index (χ0) is 29.7. The molecule has 2 aromatic carbocycles. The van der Waals surface area contributed by atoms with Crippen molar-refractivity contribution in [3.05, 3.63) is 71.1 Å². The number of hydrogen-bond donors (Lipinski definition) is 3. The third kappa shape index (κ3) is 11.8. The van der Waals surface area contributed by atoms with Crippen LogP contribution in [0.4, 0.5) is 5.69 Å². The van der Waals surface area contributed by atoms with E-state index >= 15 is 0 Å². The summed E-state index contributed by atoms with van der Waals surface area (Å²) in [5.41, 5.74) is 1.40. The first kappa shape index (κ1) is 32.9. The maximum absolute atomic E-state index is 13.5. The Morgan fingerprint density at radius 2 is 1.68 bits per heavy atom. The third-order valence-electron chi connectivity index (χ3n) is 6.18. The predicted octanol–water partition coefficient (Wildman–Crippen LogP) is 5.06. The van der Waals surface area contributed by atoms with Crippen LogP contribution in [0.25, 0.3) is 4.85 Å². The van der Waals surface area contributed by atoms with Crippen molar-refractivity contribution in [1.29, 1.82) is 0 Å². The van der Waals surface area contributed by atoms with Gasteiger partial charge in [0.1, 0.15) is 5.75 Å². The average molecular weight is 573 g/mol. The molecule has 0 heterocycles. The van der Waals surface area contributed by atoms with Crippen LogP contribution in [0.5, 0.6) is 5.75 Å². The summed E-state index contributed by atoms with van der Waals surface area (Å²) in [6.07, 6.45) is 2.14. The van der Waals surface area contributed by atoms with Gasteiger partial charge in [0.25, 0.3) is 0 Å². The van der Waals surface area contributed by atoms with E-state index in [1.54, 1.807) is 31.4 Å². The number of nitrogens with zero attached hydrogens (tertiary/aromatic N) is 1. The number of methoxy groups -OCH3 is 1. The summed E-state index contributed by atoms with van der Waals surface area (Å²) < 4.78 is 20.7. The average Bonchev–Trinajstić information content (AvgIpc) is 2.90. The Hall–Kier alpha value is -3.35. The first-order valence-electron chi connectivity index (χ1n) is 13.1. The second kappa shape index (κ2) is 16.0. The van der Waals surface area contributed by atoms with Crippen molar-refractivity contribution < 1.29 is 38.0 Å². The highest BCUT2D eigenvalue weighted by molar-refractivity contribution is 7.46. The zero-order valence-corrected chi connectivity index (χ0v) is 23.9. The van der Waals surface area contributed by atoms with Crippen LogP contribution < -0.4 is 9.84 Å². The second-order valence-electron chi connectivity index (χ2n) is 10.0. The lowest BCUT2D eigenvalue weighted by molar-refractivity contribution is -0.130. The molecule has 0 spiro atoms. The van der Waals surface area contributed by atoms with E-state index < -0.39 is 25.7 Å². The van der Waals surface area contributed by atoms with E-state index in [9.17, 15) is 18.9 Å². The number of nitrogens with one attached hydrogen (secondary N) is 1. The van der Waals surface area contributed by atoms with Crippen LogP contribution in [0.1, 0.15) is 61.9 Å². The molecule has 3 N–H and O–H groups in total. The topological polar surface area (TPSA) is 144 Å². The van der Waals surface area contributed by atoms with Gasteiger partial charge in [-0.3, -0.25) is 24.2 Å². The lowest BCUT2D eigenvalue weighted by atomic mass is 9.90. The molecule has 2 rings (SSSR count). The number of Topliss-reactive ketones (excluding diaryl/α,β-unsaturated/α-hetero) is 2. The van der Waals surface area contributed by atoms with E-state index in [4.69, 9.17) is 21.1 Å². The van der Waals surface area contributed by atoms with Crippen molar-refractivity contribution in [2.75, 3.05) is 13.7 Å². The summed E-state index contributed by atoms with van der Waals surface area (Å²) in [5, 5.41) is 2.89. The third-order valence-corrected chi connectivity index (χ3v) is 6.63. The number of ether oxygens (including phenoxy) is 1. The normalized spacial score (nSPS) is 12.8. The molecule has 0 fully saturated rings. The number of phosphoric ester groups is 1. The van der Waals surface area contributed by atoms with Crippen molar-refractivity contribution in [2.45, 2.75) is 58.4 Å². The first-order valence-corrected chi connectivity index (χ1v) is 14.6. The molecule has 2 unspecified atom stereocenters. The SMILES string of the molecule is [C-]#[N+]c1ccc(C(=O)CC(Cc2ccc(OP(=O)(O)O)cc2)C(=O)NC(CC(C)C)C(=O)CCCCOC)cc1. The highest BCUT2D eigenvalue weighted by Gasteiger charge is 2.28. The second-order valence-corrected chi connectivity index (χ2v) is 11.2. The van der Waals surface area contributed by atoms with E-state index in [-0.39, 0.29) is 36.1 Å². The molecule has 11 heteroatoms. The van der Waals surface area contributed by atoms with Gasteiger partial charge in [0.15, 0.2) is 17.3 Å². The van der Waals surface area contributed by atoms with Crippen molar-refractivity contribution >= 4 is 31.0 Å². The van der Waals surface area contributed by atoms with Gasteiger partial charge in [-0.15, -0.1) is 0 Å². The van der Waals surface area contributed by atoms with Crippen LogP contribution >= 0.6 is 7.82 Å². The molecule has 0 aliphatic heterocycles. The molecule has 0 saturated heterocycles. The fourth-order valence-corrected chi connectivity index (χ4v) is 4.58. The largest absolute Gasteiger partial charge is 0.524 e. The Labute approximate surface area is 235 Å². The van der Waals surface area contributed by atoms with Crippen LogP contribution in [0.2, 0.25) is 0 Å². The Kier molecular flexibility index (Phi) is 13.2. The Morgan fingerprint density at radius 3 is 2.23 bits per heavy atom. The molecule has 0 radical (unpaired) electrons. The fraction of sp³-hybridized carbons (Fsp3) is 0.448. The lowest BCUT2D eigenvalue weighted by Gasteiger charge is -2.23. The number of rotatable bonds is 17. The van der Waals surface area contributed by atoms with Gasteiger partial charge in [-0.25, -0.2) is 9.41 Å². The minimum absolute atomic E-state index is 0.0369. The van der Waals surface area contributed by atoms with Gasteiger partial charge >= 0.3 is 7.82 Å². The molecule has 2 aromatic rings. The van der Waals surface area contributed by atoms with E-state index in [2.05, 4.69) is 14.7 Å².